The van der Waals surface area contributed by atoms with E-state index in [0.29, 0.717) is 44.1 Å². The van der Waals surface area contributed by atoms with Gasteiger partial charge in [-0.2, -0.15) is 0 Å². The van der Waals surface area contributed by atoms with Gasteiger partial charge in [0.05, 0.1) is 40.0 Å². The molecule has 2 heterocycles. The van der Waals surface area contributed by atoms with Crippen LogP contribution in [-0.4, -0.2) is 28.7 Å². The van der Waals surface area contributed by atoms with Gasteiger partial charge in [0.2, 0.25) is 0 Å². The van der Waals surface area contributed by atoms with Crippen LogP contribution in [-0.2, 0) is 9.53 Å². The van der Waals surface area contributed by atoms with Gasteiger partial charge >= 0.3 is 5.97 Å². The third-order valence-corrected chi connectivity index (χ3v) is 6.82. The fourth-order valence-electron chi connectivity index (χ4n) is 4.06. The molecule has 10 heteroatoms. The van der Waals surface area contributed by atoms with Gasteiger partial charge in [-0.1, -0.05) is 56.4 Å². The standard InChI is InChI=1S/C28H29N3O6S/c1-5-13-36-22-11-9-20(10-12-22)25-24(27(33)37-16-17(2)3)18(4)29-28-30(25)26(32)23(38-28)15-19-7-6-8-21(14-19)31(34)35/h6-12,14-15,17,25H,5,13,16H2,1-4H3/b23-15-. The van der Waals surface area contributed by atoms with E-state index in [0.717, 1.165) is 6.42 Å². The highest BCUT2D eigenvalue weighted by Gasteiger charge is 2.33. The lowest BCUT2D eigenvalue weighted by molar-refractivity contribution is -0.384. The van der Waals surface area contributed by atoms with Gasteiger partial charge in [-0.15, -0.1) is 0 Å². The van der Waals surface area contributed by atoms with Crippen LogP contribution in [0.4, 0.5) is 5.69 Å². The monoisotopic (exact) mass is 535 g/mol. The largest absolute Gasteiger partial charge is 0.494 e. The number of ether oxygens (including phenoxy) is 2. The summed E-state index contributed by atoms with van der Waals surface area (Å²) in [5, 5.41) is 11.2. The average Bonchev–Trinajstić information content (AvgIpc) is 3.19. The number of benzene rings is 2. The number of esters is 1. The Morgan fingerprint density at radius 1 is 1.24 bits per heavy atom. The zero-order chi connectivity index (χ0) is 27.4. The molecule has 0 amide bonds. The lowest BCUT2D eigenvalue weighted by atomic mass is 9.96. The quantitative estimate of drug-likeness (QED) is 0.231. The van der Waals surface area contributed by atoms with Crippen LogP contribution in [0.25, 0.3) is 6.08 Å². The summed E-state index contributed by atoms with van der Waals surface area (Å²) in [6.45, 7) is 8.47. The van der Waals surface area contributed by atoms with Crippen molar-refractivity contribution >= 4 is 29.1 Å². The summed E-state index contributed by atoms with van der Waals surface area (Å²) in [4.78, 5) is 42.7. The lowest BCUT2D eigenvalue weighted by Crippen LogP contribution is -2.40. The minimum atomic E-state index is -0.751. The van der Waals surface area contributed by atoms with Crippen LogP contribution in [0.2, 0.25) is 0 Å². The van der Waals surface area contributed by atoms with Crippen LogP contribution in [0, 0.1) is 16.0 Å². The van der Waals surface area contributed by atoms with E-state index < -0.39 is 16.9 Å². The topological polar surface area (TPSA) is 113 Å². The van der Waals surface area contributed by atoms with Crippen molar-refractivity contribution in [1.82, 2.24) is 4.57 Å². The van der Waals surface area contributed by atoms with E-state index in [-0.39, 0.29) is 23.8 Å². The molecule has 1 atom stereocenters. The van der Waals surface area contributed by atoms with Gasteiger partial charge in [-0.25, -0.2) is 9.79 Å². The summed E-state index contributed by atoms with van der Waals surface area (Å²) >= 11 is 1.17. The predicted molar refractivity (Wildman–Crippen MR) is 145 cm³/mol. The molecule has 0 radical (unpaired) electrons. The van der Waals surface area contributed by atoms with Crippen molar-refractivity contribution < 1.29 is 19.2 Å². The number of non-ortho nitro benzene ring substituents is 1. The fraction of sp³-hybridized carbons (Fsp3) is 0.321. The van der Waals surface area contributed by atoms with E-state index in [1.807, 2.05) is 45.0 Å². The predicted octanol–water partition coefficient (Wildman–Crippen LogP) is 4.13. The maximum Gasteiger partial charge on any atom is 0.338 e. The molecule has 3 aromatic rings. The highest BCUT2D eigenvalue weighted by molar-refractivity contribution is 7.07. The molecule has 1 aromatic heterocycles. The van der Waals surface area contributed by atoms with Crippen molar-refractivity contribution in [2.24, 2.45) is 10.9 Å². The van der Waals surface area contributed by atoms with Crippen molar-refractivity contribution in [2.75, 3.05) is 13.2 Å². The first kappa shape index (κ1) is 27.0. The average molecular weight is 536 g/mol. The minimum absolute atomic E-state index is 0.0687. The Morgan fingerprint density at radius 3 is 2.63 bits per heavy atom. The molecule has 2 aromatic carbocycles. The molecule has 1 aliphatic heterocycles. The third-order valence-electron chi connectivity index (χ3n) is 5.84. The number of aromatic nitrogens is 1. The fourth-order valence-corrected chi connectivity index (χ4v) is 5.11. The van der Waals surface area contributed by atoms with Gasteiger partial charge < -0.3 is 9.47 Å². The van der Waals surface area contributed by atoms with Crippen molar-refractivity contribution in [3.63, 3.8) is 0 Å². The molecule has 0 fully saturated rings. The first-order valence-electron chi connectivity index (χ1n) is 12.4. The van der Waals surface area contributed by atoms with Crippen LogP contribution < -0.4 is 19.6 Å². The van der Waals surface area contributed by atoms with E-state index in [2.05, 4.69) is 4.99 Å². The zero-order valence-electron chi connectivity index (χ0n) is 21.7. The number of thiazole rings is 1. The Kier molecular flexibility index (Phi) is 8.21. The minimum Gasteiger partial charge on any atom is -0.494 e. The molecule has 9 nitrogen and oxygen atoms in total. The Hall–Kier alpha value is -4.05. The number of rotatable bonds is 9. The first-order valence-corrected chi connectivity index (χ1v) is 13.2. The second kappa shape index (κ2) is 11.6. The molecule has 0 spiro atoms. The Bertz CT molecular complexity index is 1570. The molecule has 4 rings (SSSR count). The first-order chi connectivity index (χ1) is 18.2. The molecule has 0 aliphatic carbocycles. The van der Waals surface area contributed by atoms with E-state index in [9.17, 15) is 19.7 Å². The molecule has 0 N–H and O–H groups in total. The van der Waals surface area contributed by atoms with Crippen LogP contribution in [0.15, 0.2) is 69.6 Å². The van der Waals surface area contributed by atoms with Crippen LogP contribution >= 0.6 is 11.3 Å². The molecule has 198 valence electrons. The summed E-state index contributed by atoms with van der Waals surface area (Å²) in [5.74, 6) is 0.312. The van der Waals surface area contributed by atoms with Crippen LogP contribution in [0.1, 0.15) is 51.3 Å². The van der Waals surface area contributed by atoms with Crippen molar-refractivity contribution in [3.8, 4) is 5.75 Å². The zero-order valence-corrected chi connectivity index (χ0v) is 22.5. The maximum absolute atomic E-state index is 13.7. The molecule has 38 heavy (non-hydrogen) atoms. The highest BCUT2D eigenvalue weighted by Crippen LogP contribution is 2.31. The van der Waals surface area contributed by atoms with Gasteiger partial charge in [-0.3, -0.25) is 19.5 Å². The van der Waals surface area contributed by atoms with E-state index in [4.69, 9.17) is 9.47 Å². The summed E-state index contributed by atoms with van der Waals surface area (Å²) in [7, 11) is 0. The number of nitro groups is 1. The lowest BCUT2D eigenvalue weighted by Gasteiger charge is -2.25. The molecular formula is C28H29N3O6S. The number of nitro benzene ring substituents is 1. The van der Waals surface area contributed by atoms with E-state index in [1.165, 1.54) is 28.0 Å². The Labute approximate surface area is 223 Å². The number of hydrogen-bond donors (Lipinski definition) is 0. The molecular weight excluding hydrogens is 506 g/mol. The Morgan fingerprint density at radius 2 is 1.97 bits per heavy atom. The normalized spacial score (nSPS) is 15.3. The molecule has 1 unspecified atom stereocenters. The number of hydrogen-bond acceptors (Lipinski definition) is 8. The number of carbonyl (C=O) groups excluding carboxylic acids is 1. The van der Waals surface area contributed by atoms with E-state index in [1.54, 1.807) is 25.1 Å². The third kappa shape index (κ3) is 5.75. The summed E-state index contributed by atoms with van der Waals surface area (Å²) in [6, 6.07) is 12.6. The number of allylic oxidation sites excluding steroid dienone is 1. The van der Waals surface area contributed by atoms with Crippen molar-refractivity contribution in [2.45, 2.75) is 40.2 Å². The van der Waals surface area contributed by atoms with Crippen LogP contribution in [0.5, 0.6) is 5.75 Å². The van der Waals surface area contributed by atoms with Crippen molar-refractivity contribution in [3.05, 3.63) is 101 Å². The molecule has 0 bridgehead atoms. The summed E-state index contributed by atoms with van der Waals surface area (Å²) in [5.41, 5.74) is 1.58. The van der Waals surface area contributed by atoms with Crippen LogP contribution in [0.3, 0.4) is 0 Å². The van der Waals surface area contributed by atoms with Gasteiger partial charge in [0, 0.05) is 12.1 Å². The SMILES string of the molecule is CCCOc1ccc(C2C(C(=O)OCC(C)C)=C(C)N=c3s/c(=C\c4cccc([N+](=O)[O-])c4)c(=O)n32)cc1. The second-order valence-electron chi connectivity index (χ2n) is 9.34. The van der Waals surface area contributed by atoms with Gasteiger partial charge in [-0.05, 0) is 48.6 Å². The smallest absolute Gasteiger partial charge is 0.338 e. The number of nitrogens with zero attached hydrogens (tertiary/aromatic N) is 3. The summed E-state index contributed by atoms with van der Waals surface area (Å²) < 4.78 is 13.1. The second-order valence-corrected chi connectivity index (χ2v) is 10.4. The maximum atomic E-state index is 13.7. The number of fused-ring (bicyclic) bond motifs is 1. The van der Waals surface area contributed by atoms with Gasteiger partial charge in [0.1, 0.15) is 5.75 Å². The highest BCUT2D eigenvalue weighted by atomic mass is 32.1. The van der Waals surface area contributed by atoms with E-state index >= 15 is 0 Å². The molecule has 0 saturated heterocycles. The molecule has 0 saturated carbocycles. The van der Waals surface area contributed by atoms with Gasteiger partial charge in [0.15, 0.2) is 4.80 Å². The van der Waals surface area contributed by atoms with Gasteiger partial charge in [0.25, 0.3) is 11.2 Å². The molecule has 1 aliphatic rings. The number of carbonyl (C=O) groups is 1. The van der Waals surface area contributed by atoms with Crippen molar-refractivity contribution in [1.29, 1.82) is 0 Å². The Balaban J connectivity index is 1.85. The summed E-state index contributed by atoms with van der Waals surface area (Å²) in [6.07, 6.45) is 2.48.